The highest BCUT2D eigenvalue weighted by Gasteiger charge is 2.12. The summed E-state index contributed by atoms with van der Waals surface area (Å²) in [6.45, 7) is 0. The lowest BCUT2D eigenvalue weighted by Crippen LogP contribution is -2.19. The number of carbonyl (C=O) groups excluding carboxylic acids is 1. The van der Waals surface area contributed by atoms with Crippen LogP contribution in [0.1, 0.15) is 12.3 Å². The molecule has 4 aromatic rings. The fourth-order valence-electron chi connectivity index (χ4n) is 2.89. The van der Waals surface area contributed by atoms with Gasteiger partial charge in [-0.3, -0.25) is 13.9 Å². The average Bonchev–Trinajstić information content (AvgIpc) is 3.39. The highest BCUT2D eigenvalue weighted by atomic mass is 32.1. The van der Waals surface area contributed by atoms with Crippen LogP contribution < -0.4 is 11.0 Å². The number of benzene rings is 1. The smallest absolute Gasteiger partial charge is 0.328 e. The first-order chi connectivity index (χ1) is 13.0. The molecule has 3 heterocycles. The van der Waals surface area contributed by atoms with Gasteiger partial charge < -0.3 is 9.84 Å². The number of imidazole rings is 1. The van der Waals surface area contributed by atoms with Gasteiger partial charge in [0.1, 0.15) is 0 Å². The van der Waals surface area contributed by atoms with Crippen LogP contribution in [-0.2, 0) is 25.3 Å². The number of hydrogen-bond acceptors (Lipinski definition) is 6. The zero-order valence-electron chi connectivity index (χ0n) is 14.8. The molecule has 1 aromatic carbocycles. The maximum atomic E-state index is 12.2. The molecule has 4 rings (SSSR count). The zero-order chi connectivity index (χ0) is 19.0. The van der Waals surface area contributed by atoms with Gasteiger partial charge in [-0.05, 0) is 29.6 Å². The molecule has 1 N–H and O–H groups in total. The summed E-state index contributed by atoms with van der Waals surface area (Å²) < 4.78 is 8.32. The number of nitrogens with zero attached hydrogens (tertiary/aromatic N) is 4. The molecule has 0 saturated heterocycles. The molecule has 0 aliphatic carbocycles. The molecule has 0 fully saturated rings. The van der Waals surface area contributed by atoms with E-state index in [1.54, 1.807) is 46.7 Å². The molecule has 1 amide bonds. The highest BCUT2D eigenvalue weighted by molar-refractivity contribution is 7.08. The Balaban J connectivity index is 1.42. The lowest BCUT2D eigenvalue weighted by molar-refractivity contribution is -0.116. The van der Waals surface area contributed by atoms with Gasteiger partial charge in [0.25, 0.3) is 0 Å². The summed E-state index contributed by atoms with van der Waals surface area (Å²) in [6, 6.07) is 7.30. The minimum Gasteiger partial charge on any atom is -0.339 e. The number of aryl methyl sites for hydroxylation is 3. The molecule has 138 valence electrons. The largest absolute Gasteiger partial charge is 0.339 e. The first-order valence-corrected chi connectivity index (χ1v) is 9.27. The van der Waals surface area contributed by atoms with Crippen molar-refractivity contribution in [3.63, 3.8) is 0 Å². The number of amides is 1. The first-order valence-electron chi connectivity index (χ1n) is 8.33. The van der Waals surface area contributed by atoms with E-state index in [-0.39, 0.29) is 18.0 Å². The summed E-state index contributed by atoms with van der Waals surface area (Å²) in [5.74, 6) is 0.792. The summed E-state index contributed by atoms with van der Waals surface area (Å²) in [4.78, 5) is 28.5. The highest BCUT2D eigenvalue weighted by Crippen LogP contribution is 2.20. The number of anilines is 1. The average molecular weight is 383 g/mol. The van der Waals surface area contributed by atoms with Crippen molar-refractivity contribution in [1.82, 2.24) is 19.3 Å². The van der Waals surface area contributed by atoms with Gasteiger partial charge >= 0.3 is 5.69 Å². The van der Waals surface area contributed by atoms with E-state index < -0.39 is 0 Å². The van der Waals surface area contributed by atoms with Crippen LogP contribution >= 0.6 is 11.3 Å². The fraction of sp³-hybridized carbons (Fsp3) is 0.222. The van der Waals surface area contributed by atoms with Crippen LogP contribution in [0.15, 0.2) is 44.3 Å². The Kier molecular flexibility index (Phi) is 4.36. The predicted molar refractivity (Wildman–Crippen MR) is 103 cm³/mol. The van der Waals surface area contributed by atoms with E-state index >= 15 is 0 Å². The monoisotopic (exact) mass is 383 g/mol. The number of rotatable bonds is 5. The Morgan fingerprint density at radius 3 is 2.81 bits per heavy atom. The third-order valence-electron chi connectivity index (χ3n) is 4.37. The normalized spacial score (nSPS) is 11.2. The third-order valence-corrected chi connectivity index (χ3v) is 5.05. The van der Waals surface area contributed by atoms with Gasteiger partial charge in [-0.2, -0.15) is 16.3 Å². The SMILES string of the molecule is Cn1c(=O)n(C)c2cc(NC(=O)CCc3nc(-c4ccsc4)no3)ccc21. The standard InChI is InChI=1S/C18H17N5O3S/c1-22-13-4-3-12(9-14(13)23(2)18(22)25)19-15(24)5-6-16-20-17(21-26-16)11-7-8-27-10-11/h3-4,7-10H,5-6H2,1-2H3,(H,19,24). The minimum absolute atomic E-state index is 0.105. The van der Waals surface area contributed by atoms with E-state index in [0.29, 0.717) is 23.8 Å². The van der Waals surface area contributed by atoms with Crippen molar-refractivity contribution in [1.29, 1.82) is 0 Å². The molecule has 8 nitrogen and oxygen atoms in total. The van der Waals surface area contributed by atoms with Crippen LogP contribution in [0.4, 0.5) is 5.69 Å². The number of hydrogen-bond donors (Lipinski definition) is 1. The van der Waals surface area contributed by atoms with Crippen LogP contribution in [0.25, 0.3) is 22.4 Å². The van der Waals surface area contributed by atoms with Gasteiger partial charge in [-0.1, -0.05) is 5.16 Å². The van der Waals surface area contributed by atoms with Gasteiger partial charge in [0, 0.05) is 43.6 Å². The van der Waals surface area contributed by atoms with Crippen molar-refractivity contribution in [3.8, 4) is 11.4 Å². The number of fused-ring (bicyclic) bond motifs is 1. The summed E-state index contributed by atoms with van der Waals surface area (Å²) in [5.41, 5.74) is 3.01. The van der Waals surface area contributed by atoms with Gasteiger partial charge in [0.2, 0.25) is 17.6 Å². The summed E-state index contributed by atoms with van der Waals surface area (Å²) >= 11 is 1.56. The van der Waals surface area contributed by atoms with Gasteiger partial charge in [-0.25, -0.2) is 4.79 Å². The van der Waals surface area contributed by atoms with Crippen LogP contribution in [0.5, 0.6) is 0 Å². The minimum atomic E-state index is -0.162. The predicted octanol–water partition coefficient (Wildman–Crippen LogP) is 2.56. The van der Waals surface area contributed by atoms with Gasteiger partial charge in [-0.15, -0.1) is 0 Å². The maximum absolute atomic E-state index is 12.2. The molecular weight excluding hydrogens is 366 g/mol. The third kappa shape index (κ3) is 3.28. The summed E-state index contributed by atoms with van der Waals surface area (Å²) in [6.07, 6.45) is 0.575. The van der Waals surface area contributed by atoms with E-state index in [1.807, 2.05) is 22.9 Å². The molecule has 0 radical (unpaired) electrons. The molecule has 27 heavy (non-hydrogen) atoms. The number of thiophene rings is 1. The second-order valence-corrected chi connectivity index (χ2v) is 6.96. The van der Waals surface area contributed by atoms with Crippen molar-refractivity contribution >= 4 is 34.0 Å². The van der Waals surface area contributed by atoms with Crippen LogP contribution in [0.2, 0.25) is 0 Å². The zero-order valence-corrected chi connectivity index (χ0v) is 15.6. The lowest BCUT2D eigenvalue weighted by atomic mass is 10.2. The molecule has 0 aliphatic rings. The molecule has 0 aliphatic heterocycles. The van der Waals surface area contributed by atoms with E-state index in [1.165, 1.54) is 0 Å². The van der Waals surface area contributed by atoms with Crippen molar-refractivity contribution < 1.29 is 9.32 Å². The lowest BCUT2D eigenvalue weighted by Gasteiger charge is -2.05. The molecule has 0 bridgehead atoms. The Labute approximate surface area is 158 Å². The molecular formula is C18H17N5O3S. The van der Waals surface area contributed by atoms with Gasteiger partial charge in [0.05, 0.1) is 11.0 Å². The molecule has 9 heteroatoms. The quantitative estimate of drug-likeness (QED) is 0.571. The summed E-state index contributed by atoms with van der Waals surface area (Å²) in [5, 5.41) is 10.7. The van der Waals surface area contributed by atoms with Crippen molar-refractivity contribution in [3.05, 3.63) is 51.4 Å². The second-order valence-electron chi connectivity index (χ2n) is 6.18. The number of carbonyl (C=O) groups is 1. The Hall–Kier alpha value is -3.20. The van der Waals surface area contributed by atoms with Crippen molar-refractivity contribution in [2.75, 3.05) is 5.32 Å². The fourth-order valence-corrected chi connectivity index (χ4v) is 3.53. The maximum Gasteiger partial charge on any atom is 0.328 e. The molecule has 0 spiro atoms. The second kappa shape index (κ2) is 6.84. The van der Waals surface area contributed by atoms with Crippen molar-refractivity contribution in [2.45, 2.75) is 12.8 Å². The topological polar surface area (TPSA) is 95.0 Å². The summed E-state index contributed by atoms with van der Waals surface area (Å²) in [7, 11) is 3.43. The molecule has 0 unspecified atom stereocenters. The van der Waals surface area contributed by atoms with E-state index in [0.717, 1.165) is 16.6 Å². The molecule has 0 saturated carbocycles. The Bertz CT molecular complexity index is 1170. The Morgan fingerprint density at radius 1 is 1.22 bits per heavy atom. The van der Waals surface area contributed by atoms with Crippen LogP contribution in [-0.4, -0.2) is 25.2 Å². The van der Waals surface area contributed by atoms with Crippen LogP contribution in [0, 0.1) is 0 Å². The number of aromatic nitrogens is 4. The van der Waals surface area contributed by atoms with Gasteiger partial charge in [0.15, 0.2) is 0 Å². The molecule has 3 aromatic heterocycles. The first kappa shape index (κ1) is 17.2. The molecule has 0 atom stereocenters. The number of nitrogens with one attached hydrogen (secondary N) is 1. The van der Waals surface area contributed by atoms with E-state index in [2.05, 4.69) is 15.5 Å². The van der Waals surface area contributed by atoms with E-state index in [9.17, 15) is 9.59 Å². The van der Waals surface area contributed by atoms with Crippen LogP contribution in [0.3, 0.4) is 0 Å². The van der Waals surface area contributed by atoms with E-state index in [4.69, 9.17) is 4.52 Å². The van der Waals surface area contributed by atoms with Crippen molar-refractivity contribution in [2.24, 2.45) is 14.1 Å². The Morgan fingerprint density at radius 2 is 2.04 bits per heavy atom.